The summed E-state index contributed by atoms with van der Waals surface area (Å²) < 4.78 is 16.3. The van der Waals surface area contributed by atoms with Gasteiger partial charge >= 0.3 is 0 Å². The van der Waals surface area contributed by atoms with Crippen LogP contribution in [0.1, 0.15) is 26.3 Å². The minimum atomic E-state index is -0.345. The molecular weight excluding hydrogens is 369 g/mol. The predicted molar refractivity (Wildman–Crippen MR) is 101 cm³/mol. The molecule has 1 aromatic carbocycles. The van der Waals surface area contributed by atoms with Crippen molar-refractivity contribution in [1.82, 2.24) is 24.6 Å². The first kappa shape index (κ1) is 17.7. The van der Waals surface area contributed by atoms with Gasteiger partial charge in [0.05, 0.1) is 17.9 Å². The number of aromatic nitrogens is 4. The van der Waals surface area contributed by atoms with Crippen molar-refractivity contribution in [2.75, 3.05) is 5.75 Å². The van der Waals surface area contributed by atoms with E-state index in [0.717, 1.165) is 0 Å². The number of halogens is 1. The first-order valence-corrected chi connectivity index (χ1v) is 9.61. The number of benzene rings is 1. The largest absolute Gasteiger partial charge is 0.354 e. The van der Waals surface area contributed by atoms with Crippen LogP contribution in [0.15, 0.2) is 40.4 Å². The van der Waals surface area contributed by atoms with Crippen molar-refractivity contribution in [3.8, 4) is 5.69 Å². The molecule has 3 aromatic rings. The molecule has 9 heteroatoms. The van der Waals surface area contributed by atoms with E-state index in [2.05, 4.69) is 15.4 Å². The van der Waals surface area contributed by atoms with Crippen LogP contribution in [0.5, 0.6) is 0 Å². The Kier molecular flexibility index (Phi) is 4.47. The van der Waals surface area contributed by atoms with E-state index in [-0.39, 0.29) is 35.8 Å². The lowest BCUT2D eigenvalue weighted by Gasteiger charge is -2.14. The summed E-state index contributed by atoms with van der Waals surface area (Å²) in [7, 11) is 0. The third-order valence-electron chi connectivity index (χ3n) is 4.31. The second-order valence-electron chi connectivity index (χ2n) is 6.73. The number of thioether (sulfide) groups is 1. The smallest absolute Gasteiger partial charge is 0.265 e. The molecule has 1 aliphatic heterocycles. The highest BCUT2D eigenvalue weighted by Gasteiger charge is 2.29. The van der Waals surface area contributed by atoms with E-state index in [1.165, 1.54) is 34.8 Å². The Morgan fingerprint density at radius 2 is 2.11 bits per heavy atom. The molecule has 3 heterocycles. The summed E-state index contributed by atoms with van der Waals surface area (Å²) in [5.74, 6) is 0.185. The van der Waals surface area contributed by atoms with E-state index in [0.29, 0.717) is 27.6 Å². The van der Waals surface area contributed by atoms with Crippen LogP contribution < -0.4 is 10.9 Å². The van der Waals surface area contributed by atoms with Crippen molar-refractivity contribution in [1.29, 1.82) is 0 Å². The van der Waals surface area contributed by atoms with Crippen molar-refractivity contribution < 1.29 is 9.18 Å². The fourth-order valence-electron chi connectivity index (χ4n) is 3.15. The van der Waals surface area contributed by atoms with Gasteiger partial charge in [0.25, 0.3) is 5.56 Å². The highest BCUT2D eigenvalue weighted by molar-refractivity contribution is 7.99. The van der Waals surface area contributed by atoms with Gasteiger partial charge < -0.3 is 5.32 Å². The van der Waals surface area contributed by atoms with Gasteiger partial charge in [0.1, 0.15) is 11.2 Å². The molecule has 1 amide bonds. The summed E-state index contributed by atoms with van der Waals surface area (Å²) in [6, 6.07) is 5.66. The molecule has 140 valence electrons. The molecule has 0 unspecified atom stereocenters. The summed E-state index contributed by atoms with van der Waals surface area (Å²) in [6.07, 6.45) is 1.70. The van der Waals surface area contributed by atoms with Gasteiger partial charge in [-0.05, 0) is 38.1 Å². The number of hydrogen-bond acceptors (Lipinski definition) is 5. The van der Waals surface area contributed by atoms with Crippen LogP contribution in [-0.2, 0) is 4.79 Å². The Hall–Kier alpha value is -2.68. The number of carbonyl (C=O) groups is 1. The molecule has 0 saturated heterocycles. The minimum Gasteiger partial charge on any atom is -0.354 e. The summed E-state index contributed by atoms with van der Waals surface area (Å²) in [6.45, 7) is 3.80. The maximum atomic E-state index is 13.2. The Bertz CT molecular complexity index is 1070. The minimum absolute atomic E-state index is 0.0531. The topological polar surface area (TPSA) is 81.8 Å². The van der Waals surface area contributed by atoms with Gasteiger partial charge in [0.2, 0.25) is 5.91 Å². The molecule has 0 saturated carbocycles. The number of rotatable bonds is 4. The maximum Gasteiger partial charge on any atom is 0.265 e. The standard InChI is InChI=1S/C18H18FN5O2S/c1-10(2)21-15(25)7-13-9-27-18-22-16-14(17(26)23(13)18)8-20-24(16)12-5-3-11(19)4-6-12/h3-6,8,10,13H,7,9H2,1-2H3,(H,21,25)/t13-/m0/s1. The Labute approximate surface area is 158 Å². The second kappa shape index (κ2) is 6.80. The number of fused-ring (bicyclic) bond motifs is 2. The lowest BCUT2D eigenvalue weighted by Crippen LogP contribution is -2.34. The SMILES string of the molecule is CC(C)NC(=O)C[C@H]1CSc2nc3c(cnn3-c3ccc(F)cc3)c(=O)n21. The van der Waals surface area contributed by atoms with Crippen LogP contribution in [0, 0.1) is 5.82 Å². The average Bonchev–Trinajstić information content (AvgIpc) is 3.20. The fourth-order valence-corrected chi connectivity index (χ4v) is 4.28. The van der Waals surface area contributed by atoms with Crippen LogP contribution in [0.25, 0.3) is 16.7 Å². The monoisotopic (exact) mass is 387 g/mol. The van der Waals surface area contributed by atoms with Gasteiger partial charge in [-0.3, -0.25) is 14.2 Å². The number of carbonyl (C=O) groups excluding carboxylic acids is 1. The van der Waals surface area contributed by atoms with Gasteiger partial charge in [-0.2, -0.15) is 5.10 Å². The Balaban J connectivity index is 1.74. The molecule has 27 heavy (non-hydrogen) atoms. The molecule has 1 N–H and O–H groups in total. The maximum absolute atomic E-state index is 13.2. The van der Waals surface area contributed by atoms with Crippen molar-refractivity contribution in [3.63, 3.8) is 0 Å². The molecule has 0 aliphatic carbocycles. The van der Waals surface area contributed by atoms with E-state index in [4.69, 9.17) is 0 Å². The lowest BCUT2D eigenvalue weighted by molar-refractivity contribution is -0.122. The fraction of sp³-hybridized carbons (Fsp3) is 0.333. The van der Waals surface area contributed by atoms with Gasteiger partial charge in [0.15, 0.2) is 10.8 Å². The second-order valence-corrected chi connectivity index (χ2v) is 7.72. The number of hydrogen-bond donors (Lipinski definition) is 1. The first-order valence-electron chi connectivity index (χ1n) is 8.62. The summed E-state index contributed by atoms with van der Waals surface area (Å²) in [5.41, 5.74) is 0.840. The van der Waals surface area contributed by atoms with Crippen LogP contribution in [0.4, 0.5) is 4.39 Å². The summed E-state index contributed by atoms with van der Waals surface area (Å²) in [4.78, 5) is 29.7. The van der Waals surface area contributed by atoms with E-state index in [1.807, 2.05) is 13.8 Å². The Morgan fingerprint density at radius 1 is 1.37 bits per heavy atom. The normalized spacial score (nSPS) is 16.1. The van der Waals surface area contributed by atoms with E-state index in [1.54, 1.807) is 16.7 Å². The number of amides is 1. The van der Waals surface area contributed by atoms with E-state index >= 15 is 0 Å². The van der Waals surface area contributed by atoms with E-state index in [9.17, 15) is 14.0 Å². The average molecular weight is 387 g/mol. The first-order chi connectivity index (χ1) is 12.9. The van der Waals surface area contributed by atoms with Crippen molar-refractivity contribution >= 4 is 28.7 Å². The van der Waals surface area contributed by atoms with E-state index < -0.39 is 0 Å². The third kappa shape index (κ3) is 3.23. The molecule has 1 atom stereocenters. The number of nitrogens with zero attached hydrogens (tertiary/aromatic N) is 4. The molecule has 1 aliphatic rings. The molecule has 0 radical (unpaired) electrons. The molecule has 0 fully saturated rings. The molecule has 0 bridgehead atoms. The predicted octanol–water partition coefficient (Wildman–Crippen LogP) is 2.28. The van der Waals surface area contributed by atoms with Crippen LogP contribution >= 0.6 is 11.8 Å². The van der Waals surface area contributed by atoms with Crippen LogP contribution in [0.2, 0.25) is 0 Å². The summed E-state index contributed by atoms with van der Waals surface area (Å²) in [5, 5.41) is 8.05. The zero-order chi connectivity index (χ0) is 19.1. The molecule has 0 spiro atoms. The highest BCUT2D eigenvalue weighted by Crippen LogP contribution is 2.33. The third-order valence-corrected chi connectivity index (χ3v) is 5.41. The van der Waals surface area contributed by atoms with Crippen molar-refractivity contribution in [3.05, 3.63) is 46.6 Å². The Morgan fingerprint density at radius 3 is 2.81 bits per heavy atom. The molecule has 4 rings (SSSR count). The lowest BCUT2D eigenvalue weighted by atomic mass is 10.2. The zero-order valence-corrected chi connectivity index (χ0v) is 15.7. The highest BCUT2D eigenvalue weighted by atomic mass is 32.2. The zero-order valence-electron chi connectivity index (χ0n) is 14.8. The van der Waals surface area contributed by atoms with Gasteiger partial charge in [-0.1, -0.05) is 11.8 Å². The van der Waals surface area contributed by atoms with Gasteiger partial charge in [-0.15, -0.1) is 0 Å². The van der Waals surface area contributed by atoms with Gasteiger partial charge in [0, 0.05) is 18.2 Å². The van der Waals surface area contributed by atoms with Crippen molar-refractivity contribution in [2.45, 2.75) is 37.5 Å². The van der Waals surface area contributed by atoms with Crippen LogP contribution in [-0.4, -0.2) is 37.0 Å². The quantitative estimate of drug-likeness (QED) is 0.695. The number of nitrogens with one attached hydrogen (secondary N) is 1. The van der Waals surface area contributed by atoms with Crippen LogP contribution in [0.3, 0.4) is 0 Å². The molecular formula is C18H18FN5O2S. The molecule has 7 nitrogen and oxygen atoms in total. The molecule has 2 aromatic heterocycles. The summed E-state index contributed by atoms with van der Waals surface area (Å²) >= 11 is 1.45. The van der Waals surface area contributed by atoms with Crippen molar-refractivity contribution in [2.24, 2.45) is 0 Å². The van der Waals surface area contributed by atoms with Gasteiger partial charge in [-0.25, -0.2) is 14.1 Å².